The lowest BCUT2D eigenvalue weighted by Crippen LogP contribution is -2.22. The van der Waals surface area contributed by atoms with Crippen LogP contribution in [0.2, 0.25) is 0 Å². The molecule has 2 aromatic carbocycles. The molecule has 144 valence electrons. The number of hydrogen-bond acceptors (Lipinski definition) is 4. The molecule has 3 N–H and O–H groups in total. The summed E-state index contributed by atoms with van der Waals surface area (Å²) >= 11 is 0. The highest BCUT2D eigenvalue weighted by Crippen LogP contribution is 2.14. The molecule has 0 aliphatic rings. The number of nitrogens with two attached hydrogens (primary N) is 1. The van der Waals surface area contributed by atoms with E-state index in [1.54, 1.807) is 0 Å². The Labute approximate surface area is 162 Å². The number of nitrogens with one attached hydrogen (secondary N) is 1. The molecule has 1 heterocycles. The van der Waals surface area contributed by atoms with Gasteiger partial charge in [-0.05, 0) is 42.8 Å². The fraction of sp³-hybridized carbons (Fsp3) is 0.100. The summed E-state index contributed by atoms with van der Waals surface area (Å²) in [6.07, 6.45) is 1.50. The monoisotopic (exact) mass is 397 g/mol. The number of amides is 1. The summed E-state index contributed by atoms with van der Waals surface area (Å²) in [5, 5.41) is 7.72. The Bertz CT molecular complexity index is 1170. The summed E-state index contributed by atoms with van der Waals surface area (Å²) < 4.78 is 24.0. The number of primary sulfonamides is 1. The van der Waals surface area contributed by atoms with Crippen molar-refractivity contribution < 1.29 is 13.2 Å². The number of aryl methyl sites for hydroxylation is 1. The molecule has 0 fully saturated rings. The molecular weight excluding hydrogens is 378 g/mol. The number of anilines is 1. The third-order valence-electron chi connectivity index (χ3n) is 4.16. The minimum absolute atomic E-state index is 0.0443. The van der Waals surface area contributed by atoms with Crippen LogP contribution in [-0.2, 0) is 16.6 Å². The van der Waals surface area contributed by atoms with Crippen molar-refractivity contribution in [2.45, 2.75) is 18.4 Å². The average molecular weight is 397 g/mol. The van der Waals surface area contributed by atoms with Gasteiger partial charge in [0.1, 0.15) is 0 Å². The van der Waals surface area contributed by atoms with Gasteiger partial charge in [0.25, 0.3) is 11.5 Å². The second kappa shape index (κ2) is 7.79. The maximum Gasteiger partial charge on any atom is 0.257 e. The van der Waals surface area contributed by atoms with Gasteiger partial charge in [0.2, 0.25) is 10.0 Å². The van der Waals surface area contributed by atoms with E-state index in [1.807, 2.05) is 31.2 Å². The van der Waals surface area contributed by atoms with Crippen LogP contribution < -0.4 is 16.0 Å². The number of aromatic nitrogens is 1. The number of sulfonamides is 1. The van der Waals surface area contributed by atoms with E-state index >= 15 is 0 Å². The average Bonchev–Trinajstić information content (AvgIpc) is 2.65. The summed E-state index contributed by atoms with van der Waals surface area (Å²) in [6, 6.07) is 16.1. The van der Waals surface area contributed by atoms with Crippen molar-refractivity contribution in [2.75, 3.05) is 5.32 Å². The zero-order valence-corrected chi connectivity index (χ0v) is 15.9. The molecule has 3 rings (SSSR count). The van der Waals surface area contributed by atoms with E-state index in [0.29, 0.717) is 17.8 Å². The van der Waals surface area contributed by atoms with Gasteiger partial charge >= 0.3 is 0 Å². The lowest BCUT2D eigenvalue weighted by atomic mass is 10.1. The topological polar surface area (TPSA) is 111 Å². The number of carbonyl (C=O) groups excluding carboxylic acids is 1. The lowest BCUT2D eigenvalue weighted by molar-refractivity contribution is 0.102. The van der Waals surface area contributed by atoms with Crippen LogP contribution in [0.4, 0.5) is 5.69 Å². The molecule has 3 aromatic rings. The number of hydrogen-bond donors (Lipinski definition) is 2. The van der Waals surface area contributed by atoms with Crippen molar-refractivity contribution in [1.29, 1.82) is 0 Å². The number of carbonyl (C=O) groups is 1. The molecule has 0 bridgehead atoms. The molecule has 1 amide bonds. The van der Waals surface area contributed by atoms with Gasteiger partial charge in [-0.1, -0.05) is 29.8 Å². The standard InChI is InChI=1S/C20H19N3O4S/c1-14-2-4-15(5-3-14)12-23-13-16(6-11-19(23)24)20(25)22-17-7-9-18(10-8-17)28(21,26)27/h2-11,13H,12H2,1H3,(H,22,25)(H2,21,26,27). The van der Waals surface area contributed by atoms with Crippen molar-refractivity contribution >= 4 is 21.6 Å². The van der Waals surface area contributed by atoms with Gasteiger partial charge in [-0.15, -0.1) is 0 Å². The first kappa shape index (κ1) is 19.5. The van der Waals surface area contributed by atoms with E-state index < -0.39 is 15.9 Å². The SMILES string of the molecule is Cc1ccc(Cn2cc(C(=O)Nc3ccc(S(N)(=O)=O)cc3)ccc2=O)cc1. The molecule has 28 heavy (non-hydrogen) atoms. The number of benzene rings is 2. The largest absolute Gasteiger partial charge is 0.322 e. The fourth-order valence-electron chi connectivity index (χ4n) is 2.61. The fourth-order valence-corrected chi connectivity index (χ4v) is 3.13. The van der Waals surface area contributed by atoms with Crippen molar-refractivity contribution in [3.63, 3.8) is 0 Å². The molecule has 0 saturated heterocycles. The maximum atomic E-state index is 12.5. The molecule has 0 atom stereocenters. The molecule has 0 spiro atoms. The van der Waals surface area contributed by atoms with Crippen LogP contribution in [0.25, 0.3) is 0 Å². The van der Waals surface area contributed by atoms with Crippen molar-refractivity contribution in [3.8, 4) is 0 Å². The van der Waals surface area contributed by atoms with E-state index in [2.05, 4.69) is 5.32 Å². The molecule has 8 heteroatoms. The first-order valence-electron chi connectivity index (χ1n) is 8.43. The van der Waals surface area contributed by atoms with Crippen molar-refractivity contribution in [1.82, 2.24) is 4.57 Å². The molecule has 1 aromatic heterocycles. The predicted molar refractivity (Wildman–Crippen MR) is 107 cm³/mol. The zero-order valence-electron chi connectivity index (χ0n) is 15.1. The van der Waals surface area contributed by atoms with Crippen LogP contribution in [0.15, 0.2) is 76.6 Å². The van der Waals surface area contributed by atoms with Gasteiger partial charge in [0, 0.05) is 18.0 Å². The molecule has 7 nitrogen and oxygen atoms in total. The third-order valence-corrected chi connectivity index (χ3v) is 5.09. The minimum Gasteiger partial charge on any atom is -0.322 e. The van der Waals surface area contributed by atoms with Gasteiger partial charge in [-0.3, -0.25) is 9.59 Å². The van der Waals surface area contributed by atoms with Crippen LogP contribution in [0.3, 0.4) is 0 Å². The first-order valence-corrected chi connectivity index (χ1v) is 9.97. The summed E-state index contributed by atoms with van der Waals surface area (Å²) in [7, 11) is -3.79. The van der Waals surface area contributed by atoms with E-state index in [0.717, 1.165) is 11.1 Å². The zero-order chi connectivity index (χ0) is 20.3. The quantitative estimate of drug-likeness (QED) is 0.687. The Morgan fingerprint density at radius 1 is 1.00 bits per heavy atom. The summed E-state index contributed by atoms with van der Waals surface area (Å²) in [4.78, 5) is 24.6. The Morgan fingerprint density at radius 3 is 2.25 bits per heavy atom. The van der Waals surface area contributed by atoms with Crippen LogP contribution in [0, 0.1) is 6.92 Å². The van der Waals surface area contributed by atoms with Crippen molar-refractivity contribution in [3.05, 3.63) is 93.9 Å². The number of nitrogens with zero attached hydrogens (tertiary/aromatic N) is 1. The molecule has 0 aliphatic carbocycles. The molecule has 0 saturated carbocycles. The summed E-state index contributed by atoms with van der Waals surface area (Å²) in [5.41, 5.74) is 2.58. The van der Waals surface area contributed by atoms with Crippen molar-refractivity contribution in [2.24, 2.45) is 5.14 Å². The summed E-state index contributed by atoms with van der Waals surface area (Å²) in [5.74, 6) is -0.416. The van der Waals surface area contributed by atoms with Crippen LogP contribution in [0.5, 0.6) is 0 Å². The van der Waals surface area contributed by atoms with Gasteiger partial charge in [-0.2, -0.15) is 0 Å². The molecule has 0 radical (unpaired) electrons. The highest BCUT2D eigenvalue weighted by atomic mass is 32.2. The maximum absolute atomic E-state index is 12.5. The molecule has 0 aliphatic heterocycles. The highest BCUT2D eigenvalue weighted by Gasteiger charge is 2.11. The van der Waals surface area contributed by atoms with Gasteiger partial charge in [0.15, 0.2) is 0 Å². The molecule has 0 unspecified atom stereocenters. The van der Waals surface area contributed by atoms with Crippen LogP contribution in [-0.4, -0.2) is 18.9 Å². The normalized spacial score (nSPS) is 11.2. The van der Waals surface area contributed by atoms with E-state index in [9.17, 15) is 18.0 Å². The first-order chi connectivity index (χ1) is 13.2. The van der Waals surface area contributed by atoms with Gasteiger partial charge in [-0.25, -0.2) is 13.6 Å². The van der Waals surface area contributed by atoms with Gasteiger partial charge < -0.3 is 9.88 Å². The van der Waals surface area contributed by atoms with E-state index in [1.165, 1.54) is 47.2 Å². The number of rotatable bonds is 5. The van der Waals surface area contributed by atoms with Gasteiger partial charge in [0.05, 0.1) is 17.0 Å². The number of pyridine rings is 1. The predicted octanol–water partition coefficient (Wildman–Crippen LogP) is 2.10. The van der Waals surface area contributed by atoms with E-state index in [-0.39, 0.29) is 10.5 Å². The Hall–Kier alpha value is -3.23. The minimum atomic E-state index is -3.79. The lowest BCUT2D eigenvalue weighted by Gasteiger charge is -2.10. The smallest absolute Gasteiger partial charge is 0.257 e. The Kier molecular flexibility index (Phi) is 5.43. The highest BCUT2D eigenvalue weighted by molar-refractivity contribution is 7.89. The third kappa shape index (κ3) is 4.73. The Balaban J connectivity index is 1.78. The summed E-state index contributed by atoms with van der Waals surface area (Å²) in [6.45, 7) is 2.33. The van der Waals surface area contributed by atoms with Crippen LogP contribution >= 0.6 is 0 Å². The van der Waals surface area contributed by atoms with Crippen LogP contribution in [0.1, 0.15) is 21.5 Å². The molecular formula is C20H19N3O4S. The Morgan fingerprint density at radius 2 is 1.64 bits per heavy atom. The second-order valence-electron chi connectivity index (χ2n) is 6.39. The van der Waals surface area contributed by atoms with E-state index in [4.69, 9.17) is 5.14 Å². The second-order valence-corrected chi connectivity index (χ2v) is 7.95.